The number of carbonyl (C=O) groups is 2. The third-order valence-corrected chi connectivity index (χ3v) is 6.42. The molecule has 8 nitrogen and oxygen atoms in total. The highest BCUT2D eigenvalue weighted by Crippen LogP contribution is 2.40. The van der Waals surface area contributed by atoms with E-state index in [9.17, 15) is 9.59 Å². The van der Waals surface area contributed by atoms with E-state index in [4.69, 9.17) is 18.9 Å². The van der Waals surface area contributed by atoms with E-state index in [1.54, 1.807) is 50.5 Å². The van der Waals surface area contributed by atoms with Crippen molar-refractivity contribution in [3.05, 3.63) is 53.6 Å². The average Bonchev–Trinajstić information content (AvgIpc) is 3.33. The quantitative estimate of drug-likeness (QED) is 0.667. The van der Waals surface area contributed by atoms with E-state index in [-0.39, 0.29) is 23.7 Å². The number of nitrogens with zero attached hydrogens (tertiary/aromatic N) is 2. The Morgan fingerprint density at radius 3 is 2.15 bits per heavy atom. The van der Waals surface area contributed by atoms with Crippen molar-refractivity contribution in [2.75, 3.05) is 60.7 Å². The Balaban J connectivity index is 1.66. The van der Waals surface area contributed by atoms with E-state index in [0.29, 0.717) is 62.2 Å². The first-order valence-electron chi connectivity index (χ1n) is 11.1. The van der Waals surface area contributed by atoms with Crippen LogP contribution >= 0.6 is 0 Å². The Labute approximate surface area is 194 Å². The summed E-state index contributed by atoms with van der Waals surface area (Å²) in [6, 6.07) is 12.6. The molecule has 2 atom stereocenters. The van der Waals surface area contributed by atoms with Crippen molar-refractivity contribution in [1.29, 1.82) is 0 Å². The summed E-state index contributed by atoms with van der Waals surface area (Å²) in [6.45, 7) is 2.93. The van der Waals surface area contributed by atoms with E-state index >= 15 is 0 Å². The molecule has 0 bridgehead atoms. The van der Waals surface area contributed by atoms with Crippen molar-refractivity contribution in [2.24, 2.45) is 5.92 Å². The lowest BCUT2D eigenvalue weighted by molar-refractivity contribution is -0.139. The van der Waals surface area contributed by atoms with Crippen LogP contribution in [0, 0.1) is 5.92 Å². The Morgan fingerprint density at radius 2 is 1.52 bits per heavy atom. The van der Waals surface area contributed by atoms with Crippen LogP contribution in [0.5, 0.6) is 17.2 Å². The van der Waals surface area contributed by atoms with Gasteiger partial charge >= 0.3 is 0 Å². The van der Waals surface area contributed by atoms with Gasteiger partial charge in [0.15, 0.2) is 0 Å². The SMILES string of the molecule is COc1ccc(C(=O)N2C[C@H](C(=O)N3CCOCC3)[C@H](c3cc(OC)ccc3OC)C2)cc1. The molecule has 2 aromatic rings. The van der Waals surface area contributed by atoms with Crippen molar-refractivity contribution in [1.82, 2.24) is 9.80 Å². The van der Waals surface area contributed by atoms with Crippen LogP contribution in [0.2, 0.25) is 0 Å². The number of rotatable bonds is 6. The predicted molar refractivity (Wildman–Crippen MR) is 122 cm³/mol. The molecule has 0 radical (unpaired) electrons. The van der Waals surface area contributed by atoms with E-state index in [0.717, 1.165) is 5.56 Å². The summed E-state index contributed by atoms with van der Waals surface area (Å²) in [5, 5.41) is 0. The zero-order valence-corrected chi connectivity index (χ0v) is 19.3. The number of carbonyl (C=O) groups excluding carboxylic acids is 2. The molecule has 2 heterocycles. The lowest BCUT2D eigenvalue weighted by Gasteiger charge is -2.31. The average molecular weight is 455 g/mol. The Morgan fingerprint density at radius 1 is 0.848 bits per heavy atom. The monoisotopic (exact) mass is 454 g/mol. The normalized spacial score (nSPS) is 20.5. The second kappa shape index (κ2) is 10.1. The van der Waals surface area contributed by atoms with Crippen molar-refractivity contribution in [3.8, 4) is 17.2 Å². The molecule has 2 saturated heterocycles. The molecule has 4 rings (SSSR count). The maximum absolute atomic E-state index is 13.6. The highest BCUT2D eigenvalue weighted by molar-refractivity contribution is 5.95. The number of morpholine rings is 1. The topological polar surface area (TPSA) is 77.5 Å². The van der Waals surface area contributed by atoms with Gasteiger partial charge < -0.3 is 28.7 Å². The van der Waals surface area contributed by atoms with Crippen LogP contribution in [0.3, 0.4) is 0 Å². The summed E-state index contributed by atoms with van der Waals surface area (Å²) < 4.78 is 21.7. The summed E-state index contributed by atoms with van der Waals surface area (Å²) in [6.07, 6.45) is 0. The fourth-order valence-electron chi connectivity index (χ4n) is 4.60. The molecule has 0 spiro atoms. The van der Waals surface area contributed by atoms with E-state index < -0.39 is 0 Å². The number of benzene rings is 2. The number of hydrogen-bond donors (Lipinski definition) is 0. The molecule has 0 aromatic heterocycles. The van der Waals surface area contributed by atoms with Crippen LogP contribution in [-0.2, 0) is 9.53 Å². The van der Waals surface area contributed by atoms with Crippen molar-refractivity contribution in [2.45, 2.75) is 5.92 Å². The molecule has 33 heavy (non-hydrogen) atoms. The van der Waals surface area contributed by atoms with Crippen molar-refractivity contribution in [3.63, 3.8) is 0 Å². The lowest BCUT2D eigenvalue weighted by atomic mass is 9.87. The molecule has 0 aliphatic carbocycles. The van der Waals surface area contributed by atoms with Gasteiger partial charge in [0.25, 0.3) is 5.91 Å². The Hall–Kier alpha value is -3.26. The van der Waals surface area contributed by atoms with E-state index in [2.05, 4.69) is 0 Å². The van der Waals surface area contributed by atoms with Gasteiger partial charge in [-0.1, -0.05) is 0 Å². The zero-order valence-electron chi connectivity index (χ0n) is 19.3. The van der Waals surface area contributed by atoms with Gasteiger partial charge in [-0.25, -0.2) is 0 Å². The van der Waals surface area contributed by atoms with E-state index in [1.807, 2.05) is 23.1 Å². The molecule has 0 saturated carbocycles. The molecule has 0 unspecified atom stereocenters. The first-order valence-corrected chi connectivity index (χ1v) is 11.1. The molecule has 2 aromatic carbocycles. The maximum atomic E-state index is 13.6. The van der Waals surface area contributed by atoms with Crippen molar-refractivity contribution < 1.29 is 28.5 Å². The lowest BCUT2D eigenvalue weighted by Crippen LogP contribution is -2.45. The molecule has 2 aliphatic heterocycles. The van der Waals surface area contributed by atoms with Gasteiger partial charge in [-0.15, -0.1) is 0 Å². The third kappa shape index (κ3) is 4.75. The molecule has 8 heteroatoms. The number of amides is 2. The fraction of sp³-hybridized carbons (Fsp3) is 0.440. The van der Waals surface area contributed by atoms with Gasteiger partial charge in [-0.05, 0) is 42.5 Å². The molecular weight excluding hydrogens is 424 g/mol. The Bertz CT molecular complexity index is 987. The summed E-state index contributed by atoms with van der Waals surface area (Å²) >= 11 is 0. The minimum absolute atomic E-state index is 0.0400. The van der Waals surface area contributed by atoms with Gasteiger partial charge in [-0.2, -0.15) is 0 Å². The van der Waals surface area contributed by atoms with Gasteiger partial charge in [0.05, 0.1) is 40.5 Å². The van der Waals surface area contributed by atoms with Crippen LogP contribution in [0.15, 0.2) is 42.5 Å². The molecular formula is C25H30N2O6. The molecule has 2 aliphatic rings. The summed E-state index contributed by atoms with van der Waals surface area (Å²) in [5.74, 6) is 1.38. The van der Waals surface area contributed by atoms with Gasteiger partial charge in [0.1, 0.15) is 17.2 Å². The second-order valence-electron chi connectivity index (χ2n) is 8.20. The maximum Gasteiger partial charge on any atom is 0.253 e. The highest BCUT2D eigenvalue weighted by atomic mass is 16.5. The number of methoxy groups -OCH3 is 3. The van der Waals surface area contributed by atoms with Crippen LogP contribution < -0.4 is 14.2 Å². The smallest absolute Gasteiger partial charge is 0.253 e. The molecule has 176 valence electrons. The summed E-state index contributed by atoms with van der Waals surface area (Å²) in [7, 11) is 4.81. The number of hydrogen-bond acceptors (Lipinski definition) is 6. The van der Waals surface area contributed by atoms with Crippen LogP contribution in [-0.4, -0.2) is 82.3 Å². The van der Waals surface area contributed by atoms with Gasteiger partial charge in [0, 0.05) is 43.2 Å². The van der Waals surface area contributed by atoms with Gasteiger partial charge in [-0.3, -0.25) is 9.59 Å². The van der Waals surface area contributed by atoms with Crippen LogP contribution in [0.25, 0.3) is 0 Å². The third-order valence-electron chi connectivity index (χ3n) is 6.42. The second-order valence-corrected chi connectivity index (χ2v) is 8.20. The summed E-state index contributed by atoms with van der Waals surface area (Å²) in [5.41, 5.74) is 1.43. The molecule has 0 N–H and O–H groups in total. The first-order chi connectivity index (χ1) is 16.0. The number of ether oxygens (including phenoxy) is 4. The zero-order chi connectivity index (χ0) is 23.4. The van der Waals surface area contributed by atoms with E-state index in [1.165, 1.54) is 0 Å². The van der Waals surface area contributed by atoms with Crippen LogP contribution in [0.4, 0.5) is 0 Å². The van der Waals surface area contributed by atoms with Gasteiger partial charge in [0.2, 0.25) is 5.91 Å². The molecule has 2 fully saturated rings. The number of likely N-dealkylation sites (tertiary alicyclic amines) is 1. The first kappa shape index (κ1) is 22.9. The highest BCUT2D eigenvalue weighted by Gasteiger charge is 2.43. The minimum atomic E-state index is -0.383. The largest absolute Gasteiger partial charge is 0.497 e. The van der Waals surface area contributed by atoms with Crippen molar-refractivity contribution >= 4 is 11.8 Å². The Kier molecular flexibility index (Phi) is 7.03. The van der Waals surface area contributed by atoms with Crippen LogP contribution in [0.1, 0.15) is 21.8 Å². The fourth-order valence-corrected chi connectivity index (χ4v) is 4.60. The predicted octanol–water partition coefficient (Wildman–Crippen LogP) is 2.43. The molecule has 2 amide bonds. The standard InChI is InChI=1S/C25H30N2O6/c1-30-18-6-4-17(5-7-18)24(28)27-15-21(20-14-19(31-2)8-9-23(20)32-3)22(16-27)25(29)26-10-12-33-13-11-26/h4-9,14,21-22H,10-13,15-16H2,1-3H3/t21-,22-/m0/s1. The minimum Gasteiger partial charge on any atom is -0.497 e. The summed E-state index contributed by atoms with van der Waals surface area (Å²) in [4.78, 5) is 30.5.